The van der Waals surface area contributed by atoms with Crippen LogP contribution in [0.15, 0.2) is 42.0 Å². The number of piperidine rings is 1. The lowest BCUT2D eigenvalue weighted by Gasteiger charge is -2.59. The smallest absolute Gasteiger partial charge is 0.338 e. The molecule has 222 valence electrons. The number of rotatable bonds is 2. The van der Waals surface area contributed by atoms with Crippen LogP contribution in [0.4, 0.5) is 0 Å². The number of hydrogen-bond acceptors (Lipinski definition) is 4. The van der Waals surface area contributed by atoms with E-state index >= 15 is 0 Å². The second-order valence-corrected chi connectivity index (χ2v) is 15.3. The van der Waals surface area contributed by atoms with Gasteiger partial charge in [-0.1, -0.05) is 57.5 Å². The molecule has 41 heavy (non-hydrogen) atoms. The minimum atomic E-state index is -0.403. The number of carbonyl (C=O) groups is 2. The van der Waals surface area contributed by atoms with Crippen LogP contribution in [0.25, 0.3) is 0 Å². The number of fused-ring (bicyclic) bond motifs is 7. The molecule has 7 rings (SSSR count). The zero-order chi connectivity index (χ0) is 28.7. The minimum Gasteiger partial charge on any atom is -0.458 e. The van der Waals surface area contributed by atoms with E-state index in [0.717, 1.165) is 51.5 Å². The van der Waals surface area contributed by atoms with Gasteiger partial charge in [0.2, 0.25) is 5.91 Å². The molecular formula is C36H49NO4. The summed E-state index contributed by atoms with van der Waals surface area (Å²) in [6, 6.07) is 9.41. The second kappa shape index (κ2) is 9.69. The highest BCUT2D eigenvalue weighted by Crippen LogP contribution is 2.70. The van der Waals surface area contributed by atoms with Crippen LogP contribution in [0, 0.1) is 46.3 Å². The van der Waals surface area contributed by atoms with Crippen molar-refractivity contribution in [3.05, 3.63) is 47.5 Å². The van der Waals surface area contributed by atoms with Crippen molar-refractivity contribution >= 4 is 11.9 Å². The molecule has 4 aliphatic carbocycles. The maximum absolute atomic E-state index is 12.9. The summed E-state index contributed by atoms with van der Waals surface area (Å²) in [5, 5.41) is 0. The Labute approximate surface area is 246 Å². The standard InChI is InChI=1S/C36H49NO4/c1-22-13-18-36(37(21-22)24(3)38)23(2)32-31(41-36)20-30-28-12-11-26-19-27(40-33(39)25-9-7-6-8-10-25)14-16-34(26,4)29(28)15-17-35(30,32)5/h6-11,22-23,27-32H,12-21H2,1-5H3/t22-,23+,27+,28-,29+,30+,31+,32+,34+,35+,36-/m1/s1. The molecular weight excluding hydrogens is 510 g/mol. The van der Waals surface area contributed by atoms with Crippen molar-refractivity contribution in [1.82, 2.24) is 4.90 Å². The molecule has 3 saturated carbocycles. The van der Waals surface area contributed by atoms with E-state index in [2.05, 4.69) is 38.7 Å². The Hall–Kier alpha value is -2.14. The number of carbonyl (C=O) groups excluding carboxylic acids is 2. The highest BCUT2D eigenvalue weighted by atomic mass is 16.5. The SMILES string of the molecule is CC(=O)N1C[C@H](C)CC[C@]12O[C@H]1C[C@H]3[C@@H]4CC=C5C[C@@H](OC(=O)c6ccccc6)CC[C@]5(C)[C@H]4CC[C@]3(C)[C@H]1[C@@H]2C. The van der Waals surface area contributed by atoms with Crippen molar-refractivity contribution in [1.29, 1.82) is 0 Å². The number of amides is 1. The van der Waals surface area contributed by atoms with Crippen LogP contribution in [0.2, 0.25) is 0 Å². The molecule has 2 aliphatic heterocycles. The highest BCUT2D eigenvalue weighted by molar-refractivity contribution is 5.89. The quantitative estimate of drug-likeness (QED) is 0.280. The first-order valence-corrected chi connectivity index (χ1v) is 16.5. The van der Waals surface area contributed by atoms with Gasteiger partial charge in [0.05, 0.1) is 11.7 Å². The summed E-state index contributed by atoms with van der Waals surface area (Å²) >= 11 is 0. The fourth-order valence-electron chi connectivity index (χ4n) is 11.4. The number of likely N-dealkylation sites (tertiary alicyclic amines) is 1. The van der Waals surface area contributed by atoms with E-state index in [4.69, 9.17) is 9.47 Å². The van der Waals surface area contributed by atoms with Crippen molar-refractivity contribution in [2.45, 2.75) is 110 Å². The Kier molecular flexibility index (Phi) is 6.54. The largest absolute Gasteiger partial charge is 0.458 e. The number of ether oxygens (including phenoxy) is 2. The van der Waals surface area contributed by atoms with E-state index in [1.54, 1.807) is 6.92 Å². The van der Waals surface area contributed by atoms with Gasteiger partial charge in [-0.25, -0.2) is 4.79 Å². The molecule has 1 amide bonds. The van der Waals surface area contributed by atoms with Gasteiger partial charge in [-0.3, -0.25) is 4.79 Å². The van der Waals surface area contributed by atoms with E-state index in [0.29, 0.717) is 41.1 Å². The average molecular weight is 560 g/mol. The van der Waals surface area contributed by atoms with Gasteiger partial charge in [0.1, 0.15) is 11.8 Å². The lowest BCUT2D eigenvalue weighted by Crippen LogP contribution is -2.60. The molecule has 1 aromatic carbocycles. The monoisotopic (exact) mass is 559 g/mol. The van der Waals surface area contributed by atoms with E-state index in [1.807, 2.05) is 30.3 Å². The number of hydrogen-bond donors (Lipinski definition) is 0. The van der Waals surface area contributed by atoms with Gasteiger partial charge in [-0.15, -0.1) is 0 Å². The Morgan fingerprint density at radius 3 is 2.54 bits per heavy atom. The third-order valence-corrected chi connectivity index (χ3v) is 13.4. The van der Waals surface area contributed by atoms with Gasteiger partial charge >= 0.3 is 5.97 Å². The zero-order valence-corrected chi connectivity index (χ0v) is 25.7. The summed E-state index contributed by atoms with van der Waals surface area (Å²) < 4.78 is 13.2. The predicted octanol–water partition coefficient (Wildman–Crippen LogP) is 7.41. The molecule has 2 saturated heterocycles. The van der Waals surface area contributed by atoms with E-state index in [9.17, 15) is 9.59 Å². The van der Waals surface area contributed by atoms with Gasteiger partial charge in [-0.05, 0) is 104 Å². The lowest BCUT2D eigenvalue weighted by atomic mass is 9.46. The normalized spacial score (nSPS) is 46.7. The Bertz CT molecular complexity index is 1240. The Balaban J connectivity index is 1.09. The van der Waals surface area contributed by atoms with Crippen molar-refractivity contribution in [2.24, 2.45) is 46.3 Å². The first-order chi connectivity index (χ1) is 19.6. The van der Waals surface area contributed by atoms with Crippen LogP contribution in [-0.4, -0.2) is 41.3 Å². The van der Waals surface area contributed by atoms with Crippen molar-refractivity contribution in [3.63, 3.8) is 0 Å². The zero-order valence-electron chi connectivity index (χ0n) is 25.7. The summed E-state index contributed by atoms with van der Waals surface area (Å²) in [6.07, 6.45) is 12.7. The van der Waals surface area contributed by atoms with Crippen LogP contribution in [0.1, 0.15) is 103 Å². The maximum atomic E-state index is 12.9. The summed E-state index contributed by atoms with van der Waals surface area (Å²) in [4.78, 5) is 27.7. The molecule has 0 N–H and O–H groups in total. The van der Waals surface area contributed by atoms with Crippen molar-refractivity contribution < 1.29 is 19.1 Å². The third kappa shape index (κ3) is 4.03. The molecule has 6 aliphatic rings. The molecule has 5 heteroatoms. The third-order valence-electron chi connectivity index (χ3n) is 13.4. The molecule has 0 radical (unpaired) electrons. The van der Waals surface area contributed by atoms with E-state index in [-0.39, 0.29) is 34.9 Å². The first kappa shape index (κ1) is 27.7. The molecule has 11 atom stereocenters. The molecule has 5 nitrogen and oxygen atoms in total. The van der Waals surface area contributed by atoms with Crippen LogP contribution >= 0.6 is 0 Å². The first-order valence-electron chi connectivity index (χ1n) is 16.5. The minimum absolute atomic E-state index is 0.0221. The number of benzene rings is 1. The highest BCUT2D eigenvalue weighted by Gasteiger charge is 2.69. The number of nitrogens with zero attached hydrogens (tertiary/aromatic N) is 1. The number of esters is 1. The lowest BCUT2D eigenvalue weighted by molar-refractivity contribution is -0.200. The van der Waals surface area contributed by atoms with Gasteiger partial charge in [-0.2, -0.15) is 0 Å². The molecule has 0 aromatic heterocycles. The molecule has 0 bridgehead atoms. The fraction of sp³-hybridized carbons (Fsp3) is 0.722. The van der Waals surface area contributed by atoms with Gasteiger partial charge < -0.3 is 14.4 Å². The van der Waals surface area contributed by atoms with Crippen LogP contribution in [-0.2, 0) is 14.3 Å². The van der Waals surface area contributed by atoms with Crippen molar-refractivity contribution in [3.8, 4) is 0 Å². The van der Waals surface area contributed by atoms with E-state index < -0.39 is 5.72 Å². The van der Waals surface area contributed by atoms with Gasteiger partial charge in [0.25, 0.3) is 0 Å². The fourth-order valence-corrected chi connectivity index (χ4v) is 11.4. The maximum Gasteiger partial charge on any atom is 0.338 e. The van der Waals surface area contributed by atoms with Crippen LogP contribution in [0.5, 0.6) is 0 Å². The summed E-state index contributed by atoms with van der Waals surface area (Å²) in [5.41, 5.74) is 2.25. The average Bonchev–Trinajstić information content (AvgIpc) is 3.40. The molecule has 5 fully saturated rings. The molecule has 2 heterocycles. The topological polar surface area (TPSA) is 55.8 Å². The van der Waals surface area contributed by atoms with Crippen molar-refractivity contribution in [2.75, 3.05) is 6.54 Å². The Morgan fingerprint density at radius 2 is 1.78 bits per heavy atom. The van der Waals surface area contributed by atoms with Gasteiger partial charge in [0, 0.05) is 25.8 Å². The molecule has 1 spiro atoms. The number of allylic oxidation sites excluding steroid dienone is 1. The molecule has 1 aromatic rings. The summed E-state index contributed by atoms with van der Waals surface area (Å²) in [6.45, 7) is 12.4. The summed E-state index contributed by atoms with van der Waals surface area (Å²) in [7, 11) is 0. The van der Waals surface area contributed by atoms with Crippen LogP contribution in [0.3, 0.4) is 0 Å². The van der Waals surface area contributed by atoms with E-state index in [1.165, 1.54) is 18.4 Å². The van der Waals surface area contributed by atoms with Gasteiger partial charge in [0.15, 0.2) is 0 Å². The Morgan fingerprint density at radius 1 is 1.00 bits per heavy atom. The predicted molar refractivity (Wildman–Crippen MR) is 159 cm³/mol. The second-order valence-electron chi connectivity index (χ2n) is 15.3. The molecule has 0 unspecified atom stereocenters. The van der Waals surface area contributed by atoms with Crippen LogP contribution < -0.4 is 0 Å². The summed E-state index contributed by atoms with van der Waals surface area (Å²) in [5.74, 6) is 3.48.